The zero-order chi connectivity index (χ0) is 14.5. The highest BCUT2D eigenvalue weighted by Crippen LogP contribution is 2.31. The van der Waals surface area contributed by atoms with Crippen LogP contribution >= 0.6 is 0 Å². The van der Waals surface area contributed by atoms with E-state index in [1.807, 2.05) is 0 Å². The van der Waals surface area contributed by atoms with Gasteiger partial charge in [-0.2, -0.15) is 0 Å². The van der Waals surface area contributed by atoms with Crippen molar-refractivity contribution in [3.05, 3.63) is 17.8 Å². The lowest BCUT2D eigenvalue weighted by Gasteiger charge is -2.17. The van der Waals surface area contributed by atoms with Gasteiger partial charge in [0.15, 0.2) is 5.69 Å². The van der Waals surface area contributed by atoms with Gasteiger partial charge >= 0.3 is 0 Å². The number of aromatic nitrogens is 2. The van der Waals surface area contributed by atoms with Crippen LogP contribution in [0.4, 0.5) is 0 Å². The lowest BCUT2D eigenvalue weighted by Crippen LogP contribution is -2.24. The van der Waals surface area contributed by atoms with E-state index >= 15 is 0 Å². The maximum Gasteiger partial charge on any atom is 0.273 e. The lowest BCUT2D eigenvalue weighted by atomic mass is 9.97. The van der Waals surface area contributed by atoms with Crippen molar-refractivity contribution in [3.63, 3.8) is 0 Å². The molecule has 1 aromatic rings. The van der Waals surface area contributed by atoms with Gasteiger partial charge in [0.05, 0.1) is 6.61 Å². The molecule has 1 aliphatic rings. The van der Waals surface area contributed by atoms with Crippen molar-refractivity contribution < 1.29 is 9.53 Å². The summed E-state index contributed by atoms with van der Waals surface area (Å²) in [5, 5.41) is 7.84. The summed E-state index contributed by atoms with van der Waals surface area (Å²) in [5.41, 5.74) is 6.07. The standard InChI is InChI=1S/C14H22N4O2/c1-18(2)14(19)12-6-7-13(17-16-12)20-9-11-5-3-4-10(11)8-15/h6-7,10-11H,3-5,8-9,15H2,1-2H3. The SMILES string of the molecule is CN(C)C(=O)c1ccc(OCC2CCCC2CN)nn1. The molecule has 1 amide bonds. The highest BCUT2D eigenvalue weighted by molar-refractivity contribution is 5.91. The zero-order valence-corrected chi connectivity index (χ0v) is 12.1. The van der Waals surface area contributed by atoms with Crippen LogP contribution in [0.1, 0.15) is 29.8 Å². The van der Waals surface area contributed by atoms with Crippen molar-refractivity contribution in [3.8, 4) is 5.88 Å². The summed E-state index contributed by atoms with van der Waals surface area (Å²) in [5.74, 6) is 1.36. The summed E-state index contributed by atoms with van der Waals surface area (Å²) in [6, 6.07) is 3.33. The summed E-state index contributed by atoms with van der Waals surface area (Å²) < 4.78 is 5.66. The Hall–Kier alpha value is -1.69. The van der Waals surface area contributed by atoms with Crippen molar-refractivity contribution in [1.29, 1.82) is 0 Å². The third-order valence-electron chi connectivity index (χ3n) is 3.83. The molecule has 1 aliphatic carbocycles. The van der Waals surface area contributed by atoms with Crippen molar-refractivity contribution in [2.24, 2.45) is 17.6 Å². The molecule has 1 aromatic heterocycles. The Bertz CT molecular complexity index is 447. The van der Waals surface area contributed by atoms with E-state index in [1.165, 1.54) is 17.7 Å². The van der Waals surface area contributed by atoms with E-state index in [0.717, 1.165) is 13.0 Å². The third kappa shape index (κ3) is 3.45. The van der Waals surface area contributed by atoms with Crippen LogP contribution in [-0.2, 0) is 0 Å². The number of ether oxygens (including phenoxy) is 1. The van der Waals surface area contributed by atoms with E-state index in [0.29, 0.717) is 30.0 Å². The molecule has 1 heterocycles. The number of rotatable bonds is 5. The van der Waals surface area contributed by atoms with E-state index in [9.17, 15) is 4.79 Å². The number of carbonyl (C=O) groups is 1. The minimum Gasteiger partial charge on any atom is -0.476 e. The fourth-order valence-electron chi connectivity index (χ4n) is 2.58. The Morgan fingerprint density at radius 1 is 1.35 bits per heavy atom. The Morgan fingerprint density at radius 2 is 2.10 bits per heavy atom. The van der Waals surface area contributed by atoms with Gasteiger partial charge < -0.3 is 15.4 Å². The molecule has 1 saturated carbocycles. The van der Waals surface area contributed by atoms with Crippen LogP contribution in [0.2, 0.25) is 0 Å². The predicted molar refractivity (Wildman–Crippen MR) is 75.4 cm³/mol. The molecule has 0 saturated heterocycles. The third-order valence-corrected chi connectivity index (χ3v) is 3.83. The second-order valence-electron chi connectivity index (χ2n) is 5.45. The van der Waals surface area contributed by atoms with Crippen molar-refractivity contribution >= 4 is 5.91 Å². The van der Waals surface area contributed by atoms with E-state index < -0.39 is 0 Å². The summed E-state index contributed by atoms with van der Waals surface area (Å²) in [7, 11) is 3.36. The average Bonchev–Trinajstić information content (AvgIpc) is 2.92. The van der Waals surface area contributed by atoms with Gasteiger partial charge in [-0.3, -0.25) is 4.79 Å². The molecule has 0 aromatic carbocycles. The molecule has 2 rings (SSSR count). The first-order valence-electron chi connectivity index (χ1n) is 7.00. The maximum atomic E-state index is 11.7. The number of carbonyl (C=O) groups excluding carboxylic acids is 1. The zero-order valence-electron chi connectivity index (χ0n) is 12.1. The minimum atomic E-state index is -0.164. The molecule has 0 bridgehead atoms. The van der Waals surface area contributed by atoms with Crippen LogP contribution in [0, 0.1) is 11.8 Å². The van der Waals surface area contributed by atoms with Crippen LogP contribution in [0.3, 0.4) is 0 Å². The van der Waals surface area contributed by atoms with Crippen molar-refractivity contribution in [2.45, 2.75) is 19.3 Å². The molecule has 0 aliphatic heterocycles. The molecule has 6 heteroatoms. The Balaban J connectivity index is 1.89. The van der Waals surface area contributed by atoms with Gasteiger partial charge in [-0.05, 0) is 37.3 Å². The first kappa shape index (κ1) is 14.7. The van der Waals surface area contributed by atoms with Gasteiger partial charge in [-0.25, -0.2) is 0 Å². The summed E-state index contributed by atoms with van der Waals surface area (Å²) in [4.78, 5) is 13.1. The quantitative estimate of drug-likeness (QED) is 0.866. The molecule has 110 valence electrons. The smallest absolute Gasteiger partial charge is 0.273 e. The molecular weight excluding hydrogens is 256 g/mol. The fourth-order valence-corrected chi connectivity index (χ4v) is 2.58. The van der Waals surface area contributed by atoms with Gasteiger partial charge in [-0.15, -0.1) is 10.2 Å². The van der Waals surface area contributed by atoms with E-state index in [-0.39, 0.29) is 5.91 Å². The number of hydrogen-bond acceptors (Lipinski definition) is 5. The number of nitrogens with zero attached hydrogens (tertiary/aromatic N) is 3. The van der Waals surface area contributed by atoms with Crippen molar-refractivity contribution in [2.75, 3.05) is 27.2 Å². The maximum absolute atomic E-state index is 11.7. The number of amides is 1. The number of nitrogens with two attached hydrogens (primary N) is 1. The lowest BCUT2D eigenvalue weighted by molar-refractivity contribution is 0.0820. The Morgan fingerprint density at radius 3 is 2.70 bits per heavy atom. The van der Waals surface area contributed by atoms with Crippen LogP contribution in [0.25, 0.3) is 0 Å². The molecule has 0 spiro atoms. The van der Waals surface area contributed by atoms with E-state index in [1.54, 1.807) is 26.2 Å². The molecule has 0 radical (unpaired) electrons. The van der Waals surface area contributed by atoms with E-state index in [2.05, 4.69) is 10.2 Å². The van der Waals surface area contributed by atoms with Crippen LogP contribution < -0.4 is 10.5 Å². The molecule has 2 unspecified atom stereocenters. The predicted octanol–water partition coefficient (Wildman–Crippen LogP) is 0.932. The van der Waals surface area contributed by atoms with Crippen LogP contribution in [-0.4, -0.2) is 48.3 Å². The highest BCUT2D eigenvalue weighted by Gasteiger charge is 2.26. The van der Waals surface area contributed by atoms with Gasteiger partial charge in [0.25, 0.3) is 5.91 Å². The monoisotopic (exact) mass is 278 g/mol. The van der Waals surface area contributed by atoms with E-state index in [4.69, 9.17) is 10.5 Å². The minimum absolute atomic E-state index is 0.164. The number of hydrogen-bond donors (Lipinski definition) is 1. The van der Waals surface area contributed by atoms with Gasteiger partial charge in [-0.1, -0.05) is 6.42 Å². The second kappa shape index (κ2) is 6.65. The topological polar surface area (TPSA) is 81.3 Å². The summed E-state index contributed by atoms with van der Waals surface area (Å²) >= 11 is 0. The second-order valence-corrected chi connectivity index (χ2v) is 5.45. The summed E-state index contributed by atoms with van der Waals surface area (Å²) in [6.45, 7) is 1.34. The Labute approximate surface area is 119 Å². The van der Waals surface area contributed by atoms with Crippen LogP contribution in [0.5, 0.6) is 5.88 Å². The molecule has 2 atom stereocenters. The van der Waals surface area contributed by atoms with Gasteiger partial charge in [0, 0.05) is 20.2 Å². The Kier molecular flexibility index (Phi) is 4.89. The fraction of sp³-hybridized carbons (Fsp3) is 0.643. The molecule has 20 heavy (non-hydrogen) atoms. The first-order chi connectivity index (χ1) is 9.61. The average molecular weight is 278 g/mol. The summed E-state index contributed by atoms with van der Waals surface area (Å²) in [6.07, 6.45) is 3.57. The highest BCUT2D eigenvalue weighted by atomic mass is 16.5. The first-order valence-corrected chi connectivity index (χ1v) is 7.00. The van der Waals surface area contributed by atoms with Gasteiger partial charge in [0.2, 0.25) is 5.88 Å². The molecule has 6 nitrogen and oxygen atoms in total. The largest absolute Gasteiger partial charge is 0.476 e. The molecule has 2 N–H and O–H groups in total. The van der Waals surface area contributed by atoms with Crippen molar-refractivity contribution in [1.82, 2.24) is 15.1 Å². The normalized spacial score (nSPS) is 21.8. The van der Waals surface area contributed by atoms with Crippen LogP contribution in [0.15, 0.2) is 12.1 Å². The van der Waals surface area contributed by atoms with Gasteiger partial charge in [0.1, 0.15) is 0 Å². The molecular formula is C14H22N4O2. The molecule has 1 fully saturated rings.